The molecule has 74 valence electrons. The highest BCUT2D eigenvalue weighted by Gasteiger charge is 2.21. The van der Waals surface area contributed by atoms with E-state index < -0.39 is 0 Å². The number of hydrogen-bond acceptors (Lipinski definition) is 2. The summed E-state index contributed by atoms with van der Waals surface area (Å²) in [7, 11) is 1.96. The van der Waals surface area contributed by atoms with Crippen molar-refractivity contribution < 1.29 is 4.74 Å². The minimum absolute atomic E-state index is 0.0129. The summed E-state index contributed by atoms with van der Waals surface area (Å²) in [5.41, 5.74) is 0.0129. The second-order valence-corrected chi connectivity index (χ2v) is 4.04. The quantitative estimate of drug-likeness (QED) is 0.663. The fourth-order valence-corrected chi connectivity index (χ4v) is 1.02. The summed E-state index contributed by atoms with van der Waals surface area (Å²) in [5, 5.41) is 3.16. The molecular formula is C10H23NO. The van der Waals surface area contributed by atoms with Crippen LogP contribution in [0.25, 0.3) is 0 Å². The largest absolute Gasteiger partial charge is 0.374 e. The van der Waals surface area contributed by atoms with E-state index >= 15 is 0 Å². The maximum atomic E-state index is 5.82. The highest BCUT2D eigenvalue weighted by Crippen LogP contribution is 2.15. The Morgan fingerprint density at radius 1 is 1.42 bits per heavy atom. The first kappa shape index (κ1) is 11.9. The number of likely N-dealkylation sites (N-methyl/N-ethyl adjacent to an activating group) is 1. The van der Waals surface area contributed by atoms with Crippen molar-refractivity contribution in [3.05, 3.63) is 0 Å². The van der Waals surface area contributed by atoms with Crippen LogP contribution in [-0.2, 0) is 4.74 Å². The van der Waals surface area contributed by atoms with Gasteiger partial charge in [0.1, 0.15) is 0 Å². The summed E-state index contributed by atoms with van der Waals surface area (Å²) >= 11 is 0. The Morgan fingerprint density at radius 3 is 2.33 bits per heavy atom. The molecule has 0 fully saturated rings. The predicted molar refractivity (Wildman–Crippen MR) is 53.4 cm³/mol. The van der Waals surface area contributed by atoms with Crippen LogP contribution in [0.2, 0.25) is 0 Å². The lowest BCUT2D eigenvalue weighted by Gasteiger charge is -2.29. The average Bonchev–Trinajstić information content (AvgIpc) is 2.02. The van der Waals surface area contributed by atoms with Gasteiger partial charge in [-0.3, -0.25) is 0 Å². The molecular weight excluding hydrogens is 150 g/mol. The van der Waals surface area contributed by atoms with Crippen molar-refractivity contribution in [1.82, 2.24) is 5.32 Å². The van der Waals surface area contributed by atoms with Crippen LogP contribution in [0.4, 0.5) is 0 Å². The Hall–Kier alpha value is -0.0800. The Balaban J connectivity index is 3.78. The minimum Gasteiger partial charge on any atom is -0.374 e. The van der Waals surface area contributed by atoms with Crippen LogP contribution in [-0.4, -0.2) is 25.8 Å². The van der Waals surface area contributed by atoms with Gasteiger partial charge in [-0.15, -0.1) is 0 Å². The van der Waals surface area contributed by atoms with E-state index in [0.29, 0.717) is 5.92 Å². The van der Waals surface area contributed by atoms with E-state index in [1.807, 2.05) is 7.05 Å². The van der Waals surface area contributed by atoms with Crippen LogP contribution in [0.15, 0.2) is 0 Å². The van der Waals surface area contributed by atoms with E-state index in [2.05, 4.69) is 33.0 Å². The van der Waals surface area contributed by atoms with Crippen molar-refractivity contribution in [2.24, 2.45) is 5.92 Å². The molecule has 0 amide bonds. The molecule has 2 heteroatoms. The van der Waals surface area contributed by atoms with Crippen molar-refractivity contribution in [2.45, 2.75) is 39.7 Å². The number of rotatable bonds is 6. The monoisotopic (exact) mass is 173 g/mol. The zero-order valence-corrected chi connectivity index (χ0v) is 9.11. The van der Waals surface area contributed by atoms with Gasteiger partial charge in [-0.05, 0) is 26.3 Å². The molecule has 0 aromatic rings. The van der Waals surface area contributed by atoms with Crippen molar-refractivity contribution in [3.63, 3.8) is 0 Å². The van der Waals surface area contributed by atoms with Gasteiger partial charge in [0.2, 0.25) is 0 Å². The van der Waals surface area contributed by atoms with Gasteiger partial charge >= 0.3 is 0 Å². The van der Waals surface area contributed by atoms with E-state index in [1.54, 1.807) is 0 Å². The molecule has 0 radical (unpaired) electrons. The van der Waals surface area contributed by atoms with Gasteiger partial charge in [0.15, 0.2) is 0 Å². The van der Waals surface area contributed by atoms with Gasteiger partial charge < -0.3 is 10.1 Å². The normalized spacial score (nSPS) is 16.5. The van der Waals surface area contributed by atoms with E-state index in [4.69, 9.17) is 4.74 Å². The van der Waals surface area contributed by atoms with Crippen LogP contribution in [0, 0.1) is 5.92 Å². The standard InChI is InChI=1S/C10H23NO/c1-6-10(4,8-11-5)12-7-9(2)3/h9,11H,6-8H2,1-5H3. The Kier molecular flexibility index (Phi) is 5.51. The third-order valence-electron chi connectivity index (χ3n) is 2.06. The van der Waals surface area contributed by atoms with E-state index in [0.717, 1.165) is 19.6 Å². The Bertz CT molecular complexity index is 114. The molecule has 2 nitrogen and oxygen atoms in total. The molecule has 1 unspecified atom stereocenters. The molecule has 0 aromatic carbocycles. The summed E-state index contributed by atoms with van der Waals surface area (Å²) in [6.07, 6.45) is 1.06. The number of hydrogen-bond donors (Lipinski definition) is 1. The first-order valence-electron chi connectivity index (χ1n) is 4.82. The van der Waals surface area contributed by atoms with Crippen LogP contribution in [0.5, 0.6) is 0 Å². The second-order valence-electron chi connectivity index (χ2n) is 4.04. The number of nitrogens with one attached hydrogen (secondary N) is 1. The van der Waals surface area contributed by atoms with Gasteiger partial charge in [0, 0.05) is 13.2 Å². The van der Waals surface area contributed by atoms with Crippen molar-refractivity contribution in [3.8, 4) is 0 Å². The number of ether oxygens (including phenoxy) is 1. The highest BCUT2D eigenvalue weighted by molar-refractivity contribution is 4.75. The average molecular weight is 173 g/mol. The Labute approximate surface area is 76.7 Å². The van der Waals surface area contributed by atoms with Gasteiger partial charge in [0.05, 0.1) is 5.60 Å². The van der Waals surface area contributed by atoms with Gasteiger partial charge in [-0.1, -0.05) is 20.8 Å². The third-order valence-corrected chi connectivity index (χ3v) is 2.06. The second kappa shape index (κ2) is 5.55. The topological polar surface area (TPSA) is 21.3 Å². The molecule has 0 aliphatic carbocycles. The summed E-state index contributed by atoms with van der Waals surface area (Å²) in [6, 6.07) is 0. The lowest BCUT2D eigenvalue weighted by molar-refractivity contribution is -0.0439. The first-order valence-corrected chi connectivity index (χ1v) is 4.82. The molecule has 1 N–H and O–H groups in total. The van der Waals surface area contributed by atoms with Gasteiger partial charge in [0.25, 0.3) is 0 Å². The van der Waals surface area contributed by atoms with Crippen molar-refractivity contribution in [2.75, 3.05) is 20.2 Å². The van der Waals surface area contributed by atoms with E-state index in [1.165, 1.54) is 0 Å². The third kappa shape index (κ3) is 4.73. The smallest absolute Gasteiger partial charge is 0.0775 e. The lowest BCUT2D eigenvalue weighted by Crippen LogP contribution is -2.39. The summed E-state index contributed by atoms with van der Waals surface area (Å²) in [5.74, 6) is 0.618. The van der Waals surface area contributed by atoms with Gasteiger partial charge in [-0.2, -0.15) is 0 Å². The van der Waals surface area contributed by atoms with E-state index in [-0.39, 0.29) is 5.60 Å². The lowest BCUT2D eigenvalue weighted by atomic mass is 10.0. The van der Waals surface area contributed by atoms with Crippen LogP contribution in [0.3, 0.4) is 0 Å². The molecule has 12 heavy (non-hydrogen) atoms. The molecule has 0 aromatic heterocycles. The summed E-state index contributed by atoms with van der Waals surface area (Å²) in [6.45, 7) is 10.5. The van der Waals surface area contributed by atoms with E-state index in [9.17, 15) is 0 Å². The van der Waals surface area contributed by atoms with Crippen LogP contribution < -0.4 is 5.32 Å². The molecule has 1 atom stereocenters. The zero-order valence-electron chi connectivity index (χ0n) is 9.11. The molecule has 0 aliphatic heterocycles. The van der Waals surface area contributed by atoms with Crippen LogP contribution >= 0.6 is 0 Å². The molecule has 0 spiro atoms. The maximum Gasteiger partial charge on any atom is 0.0775 e. The van der Waals surface area contributed by atoms with Crippen LogP contribution in [0.1, 0.15) is 34.1 Å². The summed E-state index contributed by atoms with van der Waals surface area (Å²) in [4.78, 5) is 0. The van der Waals surface area contributed by atoms with Gasteiger partial charge in [-0.25, -0.2) is 0 Å². The fourth-order valence-electron chi connectivity index (χ4n) is 1.02. The summed E-state index contributed by atoms with van der Waals surface area (Å²) < 4.78 is 5.82. The first-order chi connectivity index (χ1) is 5.54. The highest BCUT2D eigenvalue weighted by atomic mass is 16.5. The minimum atomic E-state index is 0.0129. The molecule has 0 saturated carbocycles. The molecule has 0 rings (SSSR count). The van der Waals surface area contributed by atoms with Crippen molar-refractivity contribution >= 4 is 0 Å². The molecule has 0 heterocycles. The zero-order chi connectivity index (χ0) is 9.61. The fraction of sp³-hybridized carbons (Fsp3) is 1.00. The molecule has 0 aliphatic rings. The SMILES string of the molecule is CCC(C)(CNC)OCC(C)C. The molecule has 0 bridgehead atoms. The molecule has 0 saturated heterocycles. The van der Waals surface area contributed by atoms with Crippen molar-refractivity contribution in [1.29, 1.82) is 0 Å². The Morgan fingerprint density at radius 2 is 2.00 bits per heavy atom. The maximum absolute atomic E-state index is 5.82. The predicted octanol–water partition coefficient (Wildman–Crippen LogP) is 2.05.